The number of benzene rings is 1. The van der Waals surface area contributed by atoms with Crippen LogP contribution in [0.4, 0.5) is 0 Å². The molecule has 22 heavy (non-hydrogen) atoms. The average molecular weight is 300 g/mol. The van der Waals surface area contributed by atoms with E-state index in [4.69, 9.17) is 0 Å². The van der Waals surface area contributed by atoms with E-state index in [1.54, 1.807) is 13.0 Å². The largest absolute Gasteiger partial charge is 0.349 e. The number of ketones is 1. The number of rotatable bonds is 2. The van der Waals surface area contributed by atoms with E-state index in [1.165, 1.54) is 0 Å². The highest BCUT2D eigenvalue weighted by atomic mass is 16.2. The Balaban J connectivity index is 1.60. The highest BCUT2D eigenvalue weighted by Gasteiger charge is 2.24. The number of hydrogen-bond donors (Lipinski definition) is 1. The van der Waals surface area contributed by atoms with Gasteiger partial charge in [-0.2, -0.15) is 0 Å². The molecule has 0 saturated carbocycles. The Bertz CT molecular complexity index is 631. The van der Waals surface area contributed by atoms with E-state index < -0.39 is 0 Å². The topological polar surface area (TPSA) is 66.5 Å². The molecule has 5 nitrogen and oxygen atoms in total. The molecule has 1 saturated heterocycles. The van der Waals surface area contributed by atoms with Crippen molar-refractivity contribution >= 4 is 17.6 Å². The van der Waals surface area contributed by atoms with E-state index in [9.17, 15) is 14.4 Å². The Morgan fingerprint density at radius 1 is 1.14 bits per heavy atom. The van der Waals surface area contributed by atoms with Crippen LogP contribution in [0.2, 0.25) is 0 Å². The second kappa shape index (κ2) is 5.91. The second-order valence-corrected chi connectivity index (χ2v) is 6.13. The van der Waals surface area contributed by atoms with Crippen molar-refractivity contribution in [2.75, 3.05) is 13.1 Å². The van der Waals surface area contributed by atoms with Gasteiger partial charge in [0, 0.05) is 44.5 Å². The zero-order valence-electron chi connectivity index (χ0n) is 12.7. The predicted octanol–water partition coefficient (Wildman–Crippen LogP) is 1.09. The lowest BCUT2D eigenvalue weighted by Gasteiger charge is -2.31. The Morgan fingerprint density at radius 3 is 2.50 bits per heavy atom. The number of carbonyl (C=O) groups is 3. The number of carbonyl (C=O) groups excluding carboxylic acids is 3. The molecule has 0 atom stereocenters. The third-order valence-corrected chi connectivity index (χ3v) is 4.52. The Kier molecular flexibility index (Phi) is 3.96. The van der Waals surface area contributed by atoms with E-state index in [-0.39, 0.29) is 23.6 Å². The van der Waals surface area contributed by atoms with Crippen molar-refractivity contribution in [1.82, 2.24) is 10.2 Å². The molecule has 1 aliphatic heterocycles. The summed E-state index contributed by atoms with van der Waals surface area (Å²) in [6.07, 6.45) is 2.50. The van der Waals surface area contributed by atoms with Gasteiger partial charge >= 0.3 is 0 Å². The number of piperidine rings is 1. The minimum atomic E-state index is -0.0941. The van der Waals surface area contributed by atoms with Crippen LogP contribution in [0.5, 0.6) is 0 Å². The van der Waals surface area contributed by atoms with Gasteiger partial charge < -0.3 is 10.2 Å². The fourth-order valence-corrected chi connectivity index (χ4v) is 3.20. The highest BCUT2D eigenvalue weighted by molar-refractivity contribution is 5.96. The van der Waals surface area contributed by atoms with Crippen molar-refractivity contribution in [2.45, 2.75) is 38.6 Å². The molecule has 5 heteroatoms. The second-order valence-electron chi connectivity index (χ2n) is 6.13. The molecule has 0 radical (unpaired) electrons. The minimum Gasteiger partial charge on any atom is -0.349 e. The highest BCUT2D eigenvalue weighted by Crippen LogP contribution is 2.21. The SMILES string of the molecule is CC(=O)N1CCC(NC(=O)c2ccc3c(c2)CC(=O)C3)CC1. The standard InChI is InChI=1S/C17H20N2O3/c1-11(20)19-6-4-15(5-7-19)18-17(22)13-3-2-12-9-16(21)10-14(12)8-13/h2-3,8,15H,4-7,9-10H2,1H3,(H,18,22). The summed E-state index contributed by atoms with van der Waals surface area (Å²) in [4.78, 5) is 36.9. The molecule has 1 aliphatic carbocycles. The summed E-state index contributed by atoms with van der Waals surface area (Å²) in [5, 5.41) is 3.04. The number of nitrogens with zero attached hydrogens (tertiary/aromatic N) is 1. The maximum atomic E-state index is 12.3. The average Bonchev–Trinajstić information content (AvgIpc) is 2.86. The van der Waals surface area contributed by atoms with E-state index >= 15 is 0 Å². The quantitative estimate of drug-likeness (QED) is 0.889. The monoisotopic (exact) mass is 300 g/mol. The number of nitrogens with one attached hydrogen (secondary N) is 1. The van der Waals surface area contributed by atoms with Gasteiger partial charge in [-0.05, 0) is 36.1 Å². The van der Waals surface area contributed by atoms with Crippen LogP contribution in [-0.4, -0.2) is 41.6 Å². The first-order valence-corrected chi connectivity index (χ1v) is 7.73. The molecule has 1 fully saturated rings. The van der Waals surface area contributed by atoms with Gasteiger partial charge in [-0.3, -0.25) is 14.4 Å². The van der Waals surface area contributed by atoms with Gasteiger partial charge in [0.2, 0.25) is 5.91 Å². The molecule has 1 aromatic carbocycles. The molecule has 116 valence electrons. The van der Waals surface area contributed by atoms with E-state index in [2.05, 4.69) is 5.32 Å². The maximum Gasteiger partial charge on any atom is 0.251 e. The van der Waals surface area contributed by atoms with E-state index in [0.717, 1.165) is 24.0 Å². The lowest BCUT2D eigenvalue weighted by atomic mass is 10.0. The maximum absolute atomic E-state index is 12.3. The molecular weight excluding hydrogens is 280 g/mol. The smallest absolute Gasteiger partial charge is 0.251 e. The minimum absolute atomic E-state index is 0.0908. The fraction of sp³-hybridized carbons (Fsp3) is 0.471. The lowest BCUT2D eigenvalue weighted by Crippen LogP contribution is -2.46. The Labute approximate surface area is 129 Å². The molecule has 0 bridgehead atoms. The number of amides is 2. The zero-order chi connectivity index (χ0) is 15.7. The number of fused-ring (bicyclic) bond motifs is 1. The first-order valence-electron chi connectivity index (χ1n) is 7.73. The van der Waals surface area contributed by atoms with Crippen LogP contribution in [-0.2, 0) is 22.4 Å². The van der Waals surface area contributed by atoms with Gasteiger partial charge in [-0.1, -0.05) is 6.07 Å². The fourth-order valence-electron chi connectivity index (χ4n) is 3.20. The first kappa shape index (κ1) is 14.8. The number of likely N-dealkylation sites (tertiary alicyclic amines) is 1. The van der Waals surface area contributed by atoms with Crippen LogP contribution in [0.1, 0.15) is 41.3 Å². The van der Waals surface area contributed by atoms with Crippen LogP contribution in [0, 0.1) is 0 Å². The number of Topliss-reactive ketones (excluding diaryl/α,β-unsaturated/α-hetero) is 1. The van der Waals surface area contributed by atoms with Gasteiger partial charge in [0.1, 0.15) is 5.78 Å². The third kappa shape index (κ3) is 3.03. The summed E-state index contributed by atoms with van der Waals surface area (Å²) in [7, 11) is 0. The normalized spacial score (nSPS) is 18.2. The summed E-state index contributed by atoms with van der Waals surface area (Å²) >= 11 is 0. The van der Waals surface area contributed by atoms with Gasteiger partial charge in [0.05, 0.1) is 0 Å². The summed E-state index contributed by atoms with van der Waals surface area (Å²) < 4.78 is 0. The number of hydrogen-bond acceptors (Lipinski definition) is 3. The molecule has 2 aliphatic rings. The summed E-state index contributed by atoms with van der Waals surface area (Å²) in [5.74, 6) is 0.209. The van der Waals surface area contributed by atoms with Crippen molar-refractivity contribution in [3.05, 3.63) is 34.9 Å². The van der Waals surface area contributed by atoms with Crippen LogP contribution < -0.4 is 5.32 Å². The molecule has 1 aromatic rings. The predicted molar refractivity (Wildman–Crippen MR) is 81.6 cm³/mol. The van der Waals surface area contributed by atoms with Gasteiger partial charge in [-0.15, -0.1) is 0 Å². The van der Waals surface area contributed by atoms with Crippen molar-refractivity contribution in [3.8, 4) is 0 Å². The van der Waals surface area contributed by atoms with Gasteiger partial charge in [0.15, 0.2) is 0 Å². The van der Waals surface area contributed by atoms with Gasteiger partial charge in [0.25, 0.3) is 5.91 Å². The van der Waals surface area contributed by atoms with E-state index in [0.29, 0.717) is 31.5 Å². The van der Waals surface area contributed by atoms with Crippen molar-refractivity contribution in [1.29, 1.82) is 0 Å². The molecule has 1 N–H and O–H groups in total. The van der Waals surface area contributed by atoms with Crippen LogP contribution in [0.3, 0.4) is 0 Å². The Hall–Kier alpha value is -2.17. The molecule has 1 heterocycles. The van der Waals surface area contributed by atoms with Crippen LogP contribution >= 0.6 is 0 Å². The van der Waals surface area contributed by atoms with Crippen molar-refractivity contribution < 1.29 is 14.4 Å². The molecule has 0 aromatic heterocycles. The Morgan fingerprint density at radius 2 is 1.82 bits per heavy atom. The first-order chi connectivity index (χ1) is 10.5. The lowest BCUT2D eigenvalue weighted by molar-refractivity contribution is -0.129. The van der Waals surface area contributed by atoms with Gasteiger partial charge in [-0.25, -0.2) is 0 Å². The molecule has 0 spiro atoms. The van der Waals surface area contributed by atoms with E-state index in [1.807, 2.05) is 17.0 Å². The molecule has 0 unspecified atom stereocenters. The summed E-state index contributed by atoms with van der Waals surface area (Å²) in [6.45, 7) is 2.96. The van der Waals surface area contributed by atoms with Crippen molar-refractivity contribution in [3.63, 3.8) is 0 Å². The molecular formula is C17H20N2O3. The molecule has 2 amide bonds. The van der Waals surface area contributed by atoms with Crippen LogP contribution in [0.15, 0.2) is 18.2 Å². The molecule has 3 rings (SSSR count). The van der Waals surface area contributed by atoms with Crippen molar-refractivity contribution in [2.24, 2.45) is 0 Å². The van der Waals surface area contributed by atoms with Crippen LogP contribution in [0.25, 0.3) is 0 Å². The zero-order valence-corrected chi connectivity index (χ0v) is 12.7. The third-order valence-electron chi connectivity index (χ3n) is 4.52. The summed E-state index contributed by atoms with van der Waals surface area (Å²) in [5.41, 5.74) is 2.63. The summed E-state index contributed by atoms with van der Waals surface area (Å²) in [6, 6.07) is 5.61.